The van der Waals surface area contributed by atoms with Crippen molar-refractivity contribution in [2.75, 3.05) is 11.9 Å². The fourth-order valence-electron chi connectivity index (χ4n) is 5.79. The van der Waals surface area contributed by atoms with Crippen molar-refractivity contribution in [1.82, 2.24) is 4.57 Å². The van der Waals surface area contributed by atoms with E-state index in [2.05, 4.69) is 106 Å². The smallest absolute Gasteiger partial charge is 0.120 e. The van der Waals surface area contributed by atoms with Crippen molar-refractivity contribution < 1.29 is 14.2 Å². The Morgan fingerprint density at radius 3 is 2.20 bits per heavy atom. The maximum Gasteiger partial charge on any atom is 0.120 e. The van der Waals surface area contributed by atoms with Crippen LogP contribution in [0.4, 0.5) is 0 Å². The largest absolute Gasteiger partial charge is 0.493 e. The van der Waals surface area contributed by atoms with Gasteiger partial charge in [0.1, 0.15) is 23.9 Å². The zero-order valence-electron chi connectivity index (χ0n) is 23.5. The summed E-state index contributed by atoms with van der Waals surface area (Å²) in [5, 5.41) is 2.02. The average Bonchev–Trinajstić information content (AvgIpc) is 3.62. The highest BCUT2D eigenvalue weighted by Gasteiger charge is 2.19. The molecule has 0 spiro atoms. The number of nitrogens with zero attached hydrogens (tertiary/aromatic N) is 1. The van der Waals surface area contributed by atoms with Crippen LogP contribution in [-0.2, 0) is 13.2 Å². The molecular formula is C36H36BrNO3. The summed E-state index contributed by atoms with van der Waals surface area (Å²) in [6, 6.07) is 33.8. The van der Waals surface area contributed by atoms with Gasteiger partial charge in [-0.15, -0.1) is 0 Å². The molecule has 1 saturated carbocycles. The number of alkyl halides is 1. The predicted octanol–water partition coefficient (Wildman–Crippen LogP) is 9.34. The normalized spacial score (nSPS) is 13.5. The van der Waals surface area contributed by atoms with Gasteiger partial charge < -0.3 is 18.8 Å². The molecule has 0 aliphatic heterocycles. The van der Waals surface area contributed by atoms with E-state index in [0.717, 1.165) is 47.5 Å². The summed E-state index contributed by atoms with van der Waals surface area (Å²) in [4.78, 5) is 0. The first-order valence-electron chi connectivity index (χ1n) is 14.5. The van der Waals surface area contributed by atoms with Crippen molar-refractivity contribution in [3.8, 4) is 28.5 Å². The Kier molecular flexibility index (Phi) is 8.62. The van der Waals surface area contributed by atoms with E-state index in [-0.39, 0.29) is 0 Å². The van der Waals surface area contributed by atoms with Gasteiger partial charge in [0, 0.05) is 22.8 Å². The molecule has 4 nitrogen and oxygen atoms in total. The zero-order chi connectivity index (χ0) is 28.0. The molecule has 1 aliphatic carbocycles. The molecule has 210 valence electrons. The van der Waals surface area contributed by atoms with Crippen LogP contribution >= 0.6 is 15.9 Å². The summed E-state index contributed by atoms with van der Waals surface area (Å²) < 4.78 is 20.7. The standard InChI is InChI=1S/C36H36BrNO3/c1-26-34-23-33(40-25-28-7-3-2-4-8-28)19-20-35(34)38(24-27-11-15-30(16-12-27)39-22-21-37)36(26)29-13-17-32(18-14-29)41-31-9-5-6-10-31/h2-4,7-8,11-20,23,31H,5-6,9-10,21-22,24-25H2,1H3. The van der Waals surface area contributed by atoms with E-state index in [9.17, 15) is 0 Å². The second-order valence-electron chi connectivity index (χ2n) is 10.7. The van der Waals surface area contributed by atoms with Gasteiger partial charge in [-0.2, -0.15) is 0 Å². The van der Waals surface area contributed by atoms with Crippen molar-refractivity contribution in [1.29, 1.82) is 0 Å². The van der Waals surface area contributed by atoms with E-state index in [0.29, 0.717) is 19.3 Å². The maximum atomic E-state index is 6.26. The Bertz CT molecular complexity index is 1570. The number of ether oxygens (including phenoxy) is 3. The minimum atomic E-state index is 0.352. The first-order chi connectivity index (χ1) is 20.2. The van der Waals surface area contributed by atoms with Crippen molar-refractivity contribution >= 4 is 26.8 Å². The molecule has 0 bridgehead atoms. The third kappa shape index (κ3) is 6.46. The third-order valence-corrected chi connectivity index (χ3v) is 8.20. The lowest BCUT2D eigenvalue weighted by Gasteiger charge is -2.15. The van der Waals surface area contributed by atoms with Crippen molar-refractivity contribution in [2.45, 2.75) is 51.9 Å². The van der Waals surface area contributed by atoms with Crippen LogP contribution in [0.15, 0.2) is 97.1 Å². The second-order valence-corrected chi connectivity index (χ2v) is 11.5. The fourth-order valence-corrected chi connectivity index (χ4v) is 5.95. The molecule has 0 radical (unpaired) electrons. The van der Waals surface area contributed by atoms with Crippen LogP contribution in [0.3, 0.4) is 0 Å². The Balaban J connectivity index is 1.33. The van der Waals surface area contributed by atoms with Gasteiger partial charge in [-0.3, -0.25) is 0 Å². The number of halogens is 1. The summed E-state index contributed by atoms with van der Waals surface area (Å²) in [6.07, 6.45) is 5.20. The van der Waals surface area contributed by atoms with Crippen LogP contribution in [-0.4, -0.2) is 22.6 Å². The molecule has 4 aromatic carbocycles. The summed E-state index contributed by atoms with van der Waals surface area (Å²) in [5.41, 5.74) is 7.21. The summed E-state index contributed by atoms with van der Waals surface area (Å²) in [7, 11) is 0. The molecule has 0 atom stereocenters. The number of rotatable bonds is 11. The van der Waals surface area contributed by atoms with E-state index in [1.165, 1.54) is 46.1 Å². The molecule has 0 saturated heterocycles. The van der Waals surface area contributed by atoms with Gasteiger partial charge in [0.2, 0.25) is 0 Å². The Morgan fingerprint density at radius 1 is 0.756 bits per heavy atom. The van der Waals surface area contributed by atoms with E-state index in [1.54, 1.807) is 0 Å². The number of hydrogen-bond acceptors (Lipinski definition) is 3. The molecule has 5 aromatic rings. The van der Waals surface area contributed by atoms with Crippen LogP contribution in [0, 0.1) is 6.92 Å². The van der Waals surface area contributed by atoms with Gasteiger partial charge in [0.25, 0.3) is 0 Å². The predicted molar refractivity (Wildman–Crippen MR) is 171 cm³/mol. The van der Waals surface area contributed by atoms with E-state index in [1.807, 2.05) is 18.2 Å². The lowest BCUT2D eigenvalue weighted by Crippen LogP contribution is -2.10. The summed E-state index contributed by atoms with van der Waals surface area (Å²) >= 11 is 3.43. The van der Waals surface area contributed by atoms with Gasteiger partial charge >= 0.3 is 0 Å². The molecule has 1 heterocycles. The van der Waals surface area contributed by atoms with Crippen LogP contribution in [0.5, 0.6) is 17.2 Å². The lowest BCUT2D eigenvalue weighted by atomic mass is 10.1. The van der Waals surface area contributed by atoms with Crippen molar-refractivity contribution in [3.63, 3.8) is 0 Å². The molecule has 1 aromatic heterocycles. The second kappa shape index (κ2) is 12.9. The number of benzene rings is 4. The van der Waals surface area contributed by atoms with Gasteiger partial charge in [-0.1, -0.05) is 58.4 Å². The number of aryl methyl sites for hydroxylation is 1. The molecule has 6 rings (SSSR count). The number of hydrogen-bond donors (Lipinski definition) is 0. The van der Waals surface area contributed by atoms with E-state index in [4.69, 9.17) is 14.2 Å². The van der Waals surface area contributed by atoms with Crippen LogP contribution < -0.4 is 14.2 Å². The first-order valence-corrected chi connectivity index (χ1v) is 15.6. The van der Waals surface area contributed by atoms with Gasteiger partial charge in [-0.25, -0.2) is 0 Å². The lowest BCUT2D eigenvalue weighted by molar-refractivity contribution is 0.210. The van der Waals surface area contributed by atoms with Crippen molar-refractivity contribution in [3.05, 3.63) is 114 Å². The van der Waals surface area contributed by atoms with Gasteiger partial charge in [0.05, 0.1) is 18.4 Å². The van der Waals surface area contributed by atoms with Crippen LogP contribution in [0.25, 0.3) is 22.2 Å². The maximum absolute atomic E-state index is 6.26. The summed E-state index contributed by atoms with van der Waals surface area (Å²) in [6.45, 7) is 4.17. The quantitative estimate of drug-likeness (QED) is 0.140. The first kappa shape index (κ1) is 27.5. The van der Waals surface area contributed by atoms with E-state index < -0.39 is 0 Å². The molecule has 1 aliphatic rings. The molecule has 5 heteroatoms. The number of aromatic nitrogens is 1. The highest BCUT2D eigenvalue weighted by molar-refractivity contribution is 9.09. The Hall–Kier alpha value is -3.70. The number of fused-ring (bicyclic) bond motifs is 1. The van der Waals surface area contributed by atoms with Crippen LogP contribution in [0.2, 0.25) is 0 Å². The molecular weight excluding hydrogens is 574 g/mol. The monoisotopic (exact) mass is 609 g/mol. The zero-order valence-corrected chi connectivity index (χ0v) is 25.1. The molecule has 0 amide bonds. The average molecular weight is 611 g/mol. The third-order valence-electron chi connectivity index (χ3n) is 7.88. The highest BCUT2D eigenvalue weighted by Crippen LogP contribution is 2.37. The SMILES string of the molecule is Cc1c(-c2ccc(OC3CCCC3)cc2)n(Cc2ccc(OCCBr)cc2)c2ccc(OCc3ccccc3)cc12. The molecule has 0 N–H and O–H groups in total. The van der Waals surface area contributed by atoms with Gasteiger partial charge in [0.15, 0.2) is 0 Å². The summed E-state index contributed by atoms with van der Waals surface area (Å²) in [5.74, 6) is 2.72. The van der Waals surface area contributed by atoms with E-state index >= 15 is 0 Å². The molecule has 1 fully saturated rings. The van der Waals surface area contributed by atoms with Crippen molar-refractivity contribution in [2.24, 2.45) is 0 Å². The highest BCUT2D eigenvalue weighted by atomic mass is 79.9. The van der Waals surface area contributed by atoms with Crippen LogP contribution in [0.1, 0.15) is 42.4 Å². The molecule has 41 heavy (non-hydrogen) atoms. The molecule has 0 unspecified atom stereocenters. The van der Waals surface area contributed by atoms with Gasteiger partial charge in [-0.05, 0) is 109 Å². The Morgan fingerprint density at radius 2 is 1.46 bits per heavy atom. The fraction of sp³-hybridized carbons (Fsp3) is 0.278. The minimum absolute atomic E-state index is 0.352. The topological polar surface area (TPSA) is 32.6 Å². The minimum Gasteiger partial charge on any atom is -0.493 e. The Labute approximate surface area is 251 Å².